The van der Waals surface area contributed by atoms with Crippen molar-refractivity contribution < 1.29 is 39.0 Å². The van der Waals surface area contributed by atoms with E-state index in [0.717, 1.165) is 5.56 Å². The molecule has 0 saturated heterocycles. The van der Waals surface area contributed by atoms with Crippen LogP contribution in [0.3, 0.4) is 0 Å². The summed E-state index contributed by atoms with van der Waals surface area (Å²) in [6.07, 6.45) is 0.795. The zero-order valence-electron chi connectivity index (χ0n) is 27.7. The number of carbonyl (C=O) groups is 6. The Morgan fingerprint density at radius 2 is 1.35 bits per heavy atom. The molecule has 0 spiro atoms. The topological polar surface area (TPSA) is 307 Å². The van der Waals surface area contributed by atoms with Gasteiger partial charge in [0, 0.05) is 13.0 Å². The highest BCUT2D eigenvalue weighted by molar-refractivity contribution is 5.96. The highest BCUT2D eigenvalue weighted by Gasteiger charge is 2.34. The first kappa shape index (κ1) is 41.3. The molecule has 0 radical (unpaired) electrons. The molecule has 0 unspecified atom stereocenters. The van der Waals surface area contributed by atoms with Gasteiger partial charge < -0.3 is 54.4 Å². The van der Waals surface area contributed by atoms with E-state index >= 15 is 0 Å². The van der Waals surface area contributed by atoms with Crippen LogP contribution in [-0.2, 0) is 35.2 Å². The van der Waals surface area contributed by atoms with Crippen LogP contribution in [0.4, 0.5) is 0 Å². The Labute approximate surface area is 280 Å². The SMILES string of the molecule is Cc1ccc(C[C@H](NC(=O)[C@@H](NC(=O)[C@H](CC(=O)O)NC(=O)[C@H](CCCCN)NC(=O)[C@@H](N)CCCN=C(N)N)C(C)C)C(=O)O)cc1. The molecular formula is C31H51N9O8. The molecule has 0 bridgehead atoms. The third kappa shape index (κ3) is 15.7. The minimum Gasteiger partial charge on any atom is -0.481 e. The molecular weight excluding hydrogens is 626 g/mol. The first-order valence-corrected chi connectivity index (χ1v) is 15.8. The number of aliphatic carboxylic acids is 2. The number of guanidine groups is 1. The first-order valence-electron chi connectivity index (χ1n) is 15.8. The zero-order chi connectivity index (χ0) is 36.4. The van der Waals surface area contributed by atoms with Crippen LogP contribution in [0.1, 0.15) is 63.5 Å². The fraction of sp³-hybridized carbons (Fsp3) is 0.581. The Hall–Kier alpha value is -4.77. The molecule has 4 amide bonds. The number of nitrogens with one attached hydrogen (secondary N) is 4. The summed E-state index contributed by atoms with van der Waals surface area (Å²) in [5, 5.41) is 29.1. The molecule has 0 saturated carbocycles. The maximum atomic E-state index is 13.3. The monoisotopic (exact) mass is 677 g/mol. The van der Waals surface area contributed by atoms with E-state index in [1.165, 1.54) is 0 Å². The van der Waals surface area contributed by atoms with Gasteiger partial charge in [-0.2, -0.15) is 0 Å². The second kappa shape index (κ2) is 21.2. The number of carbonyl (C=O) groups excluding carboxylic acids is 4. The number of hydrogen-bond donors (Lipinski definition) is 10. The molecule has 48 heavy (non-hydrogen) atoms. The molecule has 0 heterocycles. The number of amides is 4. The van der Waals surface area contributed by atoms with E-state index in [4.69, 9.17) is 22.9 Å². The number of nitrogens with two attached hydrogens (primary N) is 4. The average Bonchev–Trinajstić information content (AvgIpc) is 3.00. The Morgan fingerprint density at radius 3 is 1.90 bits per heavy atom. The molecule has 17 nitrogen and oxygen atoms in total. The summed E-state index contributed by atoms with van der Waals surface area (Å²) in [6.45, 7) is 5.66. The number of aryl methyl sites for hydroxylation is 1. The van der Waals surface area contributed by atoms with Crippen LogP contribution >= 0.6 is 0 Å². The van der Waals surface area contributed by atoms with Crippen molar-refractivity contribution in [1.29, 1.82) is 0 Å². The standard InChI is InChI=1S/C31H51N9O8/c1-17(2)25(29(46)39-23(30(47)48)15-19-11-9-18(3)10-12-19)40-28(45)22(16-24(41)42)38-27(44)21(8-4-5-13-32)37-26(43)20(33)7-6-14-36-31(34)35/h9-12,17,20-23,25H,4-8,13-16,32-33H2,1-3H3,(H,37,43)(H,38,44)(H,39,46)(H,40,45)(H,41,42)(H,47,48)(H4,34,35,36)/t20-,21-,22-,23-,25-/m0/s1. The van der Waals surface area contributed by atoms with Gasteiger partial charge in [-0.05, 0) is 57.1 Å². The van der Waals surface area contributed by atoms with Crippen molar-refractivity contribution in [1.82, 2.24) is 21.3 Å². The number of unbranched alkanes of at least 4 members (excludes halogenated alkanes) is 1. The molecule has 0 aliphatic rings. The predicted molar refractivity (Wildman–Crippen MR) is 178 cm³/mol. The molecule has 268 valence electrons. The lowest BCUT2D eigenvalue weighted by Gasteiger charge is -2.27. The van der Waals surface area contributed by atoms with Crippen LogP contribution in [0.2, 0.25) is 0 Å². The molecule has 0 aliphatic carbocycles. The minimum absolute atomic E-state index is 0.0188. The van der Waals surface area contributed by atoms with E-state index in [0.29, 0.717) is 31.4 Å². The molecule has 0 aromatic heterocycles. The van der Waals surface area contributed by atoms with Gasteiger partial charge in [-0.1, -0.05) is 43.7 Å². The highest BCUT2D eigenvalue weighted by Crippen LogP contribution is 2.10. The number of rotatable bonds is 22. The fourth-order valence-electron chi connectivity index (χ4n) is 4.56. The van der Waals surface area contributed by atoms with Gasteiger partial charge in [0.15, 0.2) is 5.96 Å². The molecule has 0 fully saturated rings. The van der Waals surface area contributed by atoms with Gasteiger partial charge in [0.2, 0.25) is 23.6 Å². The van der Waals surface area contributed by atoms with Crippen molar-refractivity contribution in [2.45, 2.75) is 95.9 Å². The average molecular weight is 678 g/mol. The lowest BCUT2D eigenvalue weighted by Crippen LogP contribution is -2.59. The smallest absolute Gasteiger partial charge is 0.326 e. The van der Waals surface area contributed by atoms with Gasteiger partial charge in [0.1, 0.15) is 24.2 Å². The highest BCUT2D eigenvalue weighted by atomic mass is 16.4. The summed E-state index contributed by atoms with van der Waals surface area (Å²) in [4.78, 5) is 80.2. The number of benzene rings is 1. The van der Waals surface area contributed by atoms with Crippen molar-refractivity contribution in [2.24, 2.45) is 33.8 Å². The Morgan fingerprint density at radius 1 is 0.771 bits per heavy atom. The first-order chi connectivity index (χ1) is 22.5. The van der Waals surface area contributed by atoms with Crippen molar-refractivity contribution in [3.05, 3.63) is 35.4 Å². The summed E-state index contributed by atoms with van der Waals surface area (Å²) >= 11 is 0. The quantitative estimate of drug-likeness (QED) is 0.0369. The molecule has 5 atom stereocenters. The zero-order valence-corrected chi connectivity index (χ0v) is 27.7. The van der Waals surface area contributed by atoms with Gasteiger partial charge >= 0.3 is 11.9 Å². The van der Waals surface area contributed by atoms with E-state index in [2.05, 4.69) is 26.3 Å². The number of carboxylic acid groups (broad SMARTS) is 2. The molecule has 1 rings (SSSR count). The summed E-state index contributed by atoms with van der Waals surface area (Å²) in [5.74, 6) is -6.66. The van der Waals surface area contributed by atoms with Crippen molar-refractivity contribution >= 4 is 41.5 Å². The van der Waals surface area contributed by atoms with Gasteiger partial charge in [0.25, 0.3) is 0 Å². The van der Waals surface area contributed by atoms with E-state index in [1.807, 2.05) is 19.1 Å². The normalized spacial score (nSPS) is 14.0. The van der Waals surface area contributed by atoms with Gasteiger partial charge in [-0.25, -0.2) is 4.79 Å². The van der Waals surface area contributed by atoms with Gasteiger partial charge in [-0.3, -0.25) is 29.0 Å². The van der Waals surface area contributed by atoms with Crippen LogP contribution < -0.4 is 44.2 Å². The minimum atomic E-state index is -1.64. The third-order valence-electron chi connectivity index (χ3n) is 7.32. The van der Waals surface area contributed by atoms with Crippen LogP contribution in [-0.4, -0.2) is 95.0 Å². The second-order valence-corrected chi connectivity index (χ2v) is 11.9. The van der Waals surface area contributed by atoms with E-state index in [1.54, 1.807) is 26.0 Å². The molecule has 0 aliphatic heterocycles. The molecule has 14 N–H and O–H groups in total. The summed E-state index contributed by atoms with van der Waals surface area (Å²) in [7, 11) is 0. The van der Waals surface area contributed by atoms with Gasteiger partial charge in [-0.15, -0.1) is 0 Å². The van der Waals surface area contributed by atoms with Crippen molar-refractivity contribution in [2.75, 3.05) is 13.1 Å². The van der Waals surface area contributed by atoms with Gasteiger partial charge in [0.05, 0.1) is 12.5 Å². The van der Waals surface area contributed by atoms with Crippen molar-refractivity contribution in [3.63, 3.8) is 0 Å². The third-order valence-corrected chi connectivity index (χ3v) is 7.32. The predicted octanol–water partition coefficient (Wildman–Crippen LogP) is -1.80. The lowest BCUT2D eigenvalue weighted by molar-refractivity contribution is -0.143. The Bertz CT molecular complexity index is 1270. The fourth-order valence-corrected chi connectivity index (χ4v) is 4.56. The van der Waals surface area contributed by atoms with Crippen LogP contribution in [0.25, 0.3) is 0 Å². The summed E-state index contributed by atoms with van der Waals surface area (Å²) in [5.41, 5.74) is 23.8. The van der Waals surface area contributed by atoms with E-state index in [9.17, 15) is 39.0 Å². The Balaban J connectivity index is 3.07. The maximum absolute atomic E-state index is 13.3. The number of hydrogen-bond acceptors (Lipinski definition) is 9. The van der Waals surface area contributed by atoms with Crippen molar-refractivity contribution in [3.8, 4) is 0 Å². The largest absolute Gasteiger partial charge is 0.481 e. The Kier molecular flexibility index (Phi) is 18.2. The van der Waals surface area contributed by atoms with E-state index < -0.39 is 78.1 Å². The number of nitrogens with zero attached hydrogens (tertiary/aromatic N) is 1. The lowest BCUT2D eigenvalue weighted by atomic mass is 10.00. The second-order valence-electron chi connectivity index (χ2n) is 11.9. The number of carboxylic acids is 2. The van der Waals surface area contributed by atoms with E-state index in [-0.39, 0.29) is 31.8 Å². The van der Waals surface area contributed by atoms with Crippen LogP contribution in [0.5, 0.6) is 0 Å². The number of aliphatic imine (C=N–C) groups is 1. The maximum Gasteiger partial charge on any atom is 0.326 e. The van der Waals surface area contributed by atoms with Crippen LogP contribution in [0, 0.1) is 12.8 Å². The molecule has 1 aromatic carbocycles. The molecule has 17 heteroatoms. The summed E-state index contributed by atoms with van der Waals surface area (Å²) in [6, 6.07) is 0.681. The summed E-state index contributed by atoms with van der Waals surface area (Å²) < 4.78 is 0. The van der Waals surface area contributed by atoms with Crippen LogP contribution in [0.15, 0.2) is 29.3 Å². The molecule has 1 aromatic rings.